The number of rotatable bonds is 4. The van der Waals surface area contributed by atoms with E-state index in [4.69, 9.17) is 11.6 Å². The monoisotopic (exact) mass is 326 g/mol. The molecule has 2 aromatic carbocycles. The summed E-state index contributed by atoms with van der Waals surface area (Å²) < 4.78 is 1.79. The van der Waals surface area contributed by atoms with E-state index in [1.54, 1.807) is 23.0 Å². The fourth-order valence-corrected chi connectivity index (χ4v) is 2.44. The summed E-state index contributed by atoms with van der Waals surface area (Å²) in [5.41, 5.74) is 5.89. The van der Waals surface area contributed by atoms with Crippen molar-refractivity contribution in [3.63, 3.8) is 0 Å². The first-order chi connectivity index (χ1) is 11.1. The molecular formula is C17H15ClN4O. The summed E-state index contributed by atoms with van der Waals surface area (Å²) in [5.74, 6) is -0.213. The molecule has 0 aliphatic heterocycles. The van der Waals surface area contributed by atoms with Gasteiger partial charge >= 0.3 is 0 Å². The van der Waals surface area contributed by atoms with Gasteiger partial charge in [-0.05, 0) is 36.8 Å². The van der Waals surface area contributed by atoms with Gasteiger partial charge in [-0.1, -0.05) is 35.9 Å². The Kier molecular flexibility index (Phi) is 4.39. The van der Waals surface area contributed by atoms with Gasteiger partial charge in [0, 0.05) is 5.02 Å². The number of nitrogens with zero attached hydrogens (tertiary/aromatic N) is 3. The van der Waals surface area contributed by atoms with Gasteiger partial charge in [-0.2, -0.15) is 5.10 Å². The van der Waals surface area contributed by atoms with E-state index in [-0.39, 0.29) is 12.5 Å². The van der Waals surface area contributed by atoms with Crippen molar-refractivity contribution in [3.8, 4) is 0 Å². The molecule has 116 valence electrons. The lowest BCUT2D eigenvalue weighted by Crippen LogP contribution is -2.24. The van der Waals surface area contributed by atoms with E-state index in [0.29, 0.717) is 10.7 Å². The van der Waals surface area contributed by atoms with Crippen LogP contribution in [0.2, 0.25) is 5.02 Å². The van der Waals surface area contributed by atoms with Gasteiger partial charge in [-0.15, -0.1) is 0 Å². The van der Waals surface area contributed by atoms with E-state index in [1.807, 2.05) is 43.3 Å². The van der Waals surface area contributed by atoms with Crippen molar-refractivity contribution in [1.29, 1.82) is 0 Å². The van der Waals surface area contributed by atoms with Crippen LogP contribution >= 0.6 is 11.6 Å². The number of nitrogens with one attached hydrogen (secondary N) is 1. The van der Waals surface area contributed by atoms with Gasteiger partial charge in [-0.25, -0.2) is 10.4 Å². The number of amides is 1. The van der Waals surface area contributed by atoms with Crippen LogP contribution in [-0.2, 0) is 11.3 Å². The second-order valence-electron chi connectivity index (χ2n) is 5.10. The van der Waals surface area contributed by atoms with E-state index in [2.05, 4.69) is 15.5 Å². The third-order valence-corrected chi connectivity index (χ3v) is 3.67. The lowest BCUT2D eigenvalue weighted by molar-refractivity contribution is -0.121. The number of benzene rings is 2. The highest BCUT2D eigenvalue weighted by Crippen LogP contribution is 2.12. The first-order valence-electron chi connectivity index (χ1n) is 7.12. The molecule has 0 aliphatic carbocycles. The summed E-state index contributed by atoms with van der Waals surface area (Å²) in [6.07, 6.45) is 1.65. The molecule has 6 heteroatoms. The quantitative estimate of drug-likeness (QED) is 0.591. The zero-order valence-electron chi connectivity index (χ0n) is 12.5. The number of halogens is 1. The number of carbonyl (C=O) groups is 1. The molecule has 3 aromatic rings. The molecule has 5 nitrogen and oxygen atoms in total. The van der Waals surface area contributed by atoms with Gasteiger partial charge < -0.3 is 4.57 Å². The maximum Gasteiger partial charge on any atom is 0.260 e. The number of carbonyl (C=O) groups excluding carboxylic acids is 1. The fraction of sp³-hybridized carbons (Fsp3) is 0.118. The fourth-order valence-electron chi connectivity index (χ4n) is 2.25. The molecule has 1 N–H and O–H groups in total. The van der Waals surface area contributed by atoms with Gasteiger partial charge in [0.05, 0.1) is 23.1 Å². The van der Waals surface area contributed by atoms with Gasteiger partial charge in [0.2, 0.25) is 0 Å². The molecule has 1 aromatic heterocycles. The maximum absolute atomic E-state index is 12.1. The highest BCUT2D eigenvalue weighted by Gasteiger charge is 2.06. The summed E-state index contributed by atoms with van der Waals surface area (Å²) in [6.45, 7) is 1.98. The minimum absolute atomic E-state index is 0.160. The van der Waals surface area contributed by atoms with Crippen LogP contribution in [0.5, 0.6) is 0 Å². The van der Waals surface area contributed by atoms with Crippen molar-refractivity contribution < 1.29 is 4.79 Å². The van der Waals surface area contributed by atoms with Crippen LogP contribution in [0.25, 0.3) is 11.0 Å². The van der Waals surface area contributed by atoms with Crippen molar-refractivity contribution >= 4 is 34.3 Å². The van der Waals surface area contributed by atoms with Crippen LogP contribution in [0.15, 0.2) is 60.0 Å². The summed E-state index contributed by atoms with van der Waals surface area (Å²) in [6, 6.07) is 15.0. The minimum atomic E-state index is -0.213. The molecule has 0 spiro atoms. The standard InChI is InChI=1S/C17H15ClN4O/c1-12(13-5-4-6-14(18)9-13)20-21-17(23)10-22-11-19-15-7-2-3-8-16(15)22/h2-9,11H,10H2,1H3,(H,21,23)/b20-12+. The Balaban J connectivity index is 1.69. The third kappa shape index (κ3) is 3.57. The molecular weight excluding hydrogens is 312 g/mol. The summed E-state index contributed by atoms with van der Waals surface area (Å²) in [4.78, 5) is 16.3. The first-order valence-corrected chi connectivity index (χ1v) is 7.50. The van der Waals surface area contributed by atoms with Gasteiger partial charge in [-0.3, -0.25) is 4.79 Å². The zero-order valence-corrected chi connectivity index (χ0v) is 13.3. The van der Waals surface area contributed by atoms with Gasteiger partial charge in [0.1, 0.15) is 6.54 Å². The van der Waals surface area contributed by atoms with E-state index in [9.17, 15) is 4.79 Å². The largest absolute Gasteiger partial charge is 0.321 e. The Bertz CT molecular complexity index is 885. The van der Waals surface area contributed by atoms with Crippen LogP contribution in [0.3, 0.4) is 0 Å². The Morgan fingerprint density at radius 2 is 2.09 bits per heavy atom. The van der Waals surface area contributed by atoms with Crippen LogP contribution in [0, 0.1) is 0 Å². The number of hydrogen-bond acceptors (Lipinski definition) is 3. The van der Waals surface area contributed by atoms with Gasteiger partial charge in [0.25, 0.3) is 5.91 Å². The Hall–Kier alpha value is -2.66. The molecule has 0 bridgehead atoms. The Morgan fingerprint density at radius 3 is 2.91 bits per heavy atom. The lowest BCUT2D eigenvalue weighted by atomic mass is 10.1. The molecule has 0 fully saturated rings. The van der Waals surface area contributed by atoms with Crippen LogP contribution < -0.4 is 5.43 Å². The first kappa shape index (κ1) is 15.2. The molecule has 0 aliphatic rings. The van der Waals surface area contributed by atoms with Crippen LogP contribution in [0.1, 0.15) is 12.5 Å². The molecule has 1 amide bonds. The number of imidazole rings is 1. The maximum atomic E-state index is 12.1. The highest BCUT2D eigenvalue weighted by atomic mass is 35.5. The molecule has 0 unspecified atom stereocenters. The Morgan fingerprint density at radius 1 is 1.26 bits per heavy atom. The van der Waals surface area contributed by atoms with Crippen molar-refractivity contribution in [2.45, 2.75) is 13.5 Å². The normalized spacial score (nSPS) is 11.7. The zero-order chi connectivity index (χ0) is 16.2. The van der Waals surface area contributed by atoms with E-state index in [1.165, 1.54) is 0 Å². The van der Waals surface area contributed by atoms with Crippen LogP contribution in [-0.4, -0.2) is 21.2 Å². The van der Waals surface area contributed by atoms with E-state index in [0.717, 1.165) is 16.6 Å². The topological polar surface area (TPSA) is 59.3 Å². The average Bonchev–Trinajstić information content (AvgIpc) is 2.96. The van der Waals surface area contributed by atoms with Crippen molar-refractivity contribution in [3.05, 3.63) is 65.4 Å². The smallest absolute Gasteiger partial charge is 0.260 e. The van der Waals surface area contributed by atoms with Gasteiger partial charge in [0.15, 0.2) is 0 Å². The summed E-state index contributed by atoms with van der Waals surface area (Å²) in [5, 5.41) is 4.75. The number of para-hydroxylation sites is 2. The second kappa shape index (κ2) is 6.62. The number of aromatic nitrogens is 2. The highest BCUT2D eigenvalue weighted by molar-refractivity contribution is 6.31. The minimum Gasteiger partial charge on any atom is -0.321 e. The van der Waals surface area contributed by atoms with E-state index >= 15 is 0 Å². The molecule has 1 heterocycles. The summed E-state index contributed by atoms with van der Waals surface area (Å²) in [7, 11) is 0. The Labute approximate surface area is 138 Å². The van der Waals surface area contributed by atoms with E-state index < -0.39 is 0 Å². The van der Waals surface area contributed by atoms with Crippen molar-refractivity contribution in [1.82, 2.24) is 15.0 Å². The molecule has 23 heavy (non-hydrogen) atoms. The lowest BCUT2D eigenvalue weighted by Gasteiger charge is -2.05. The second-order valence-corrected chi connectivity index (χ2v) is 5.54. The predicted octanol–water partition coefficient (Wildman–Crippen LogP) is 3.23. The van der Waals surface area contributed by atoms with Crippen LogP contribution in [0.4, 0.5) is 0 Å². The molecule has 0 saturated heterocycles. The average molecular weight is 327 g/mol. The molecule has 0 saturated carbocycles. The van der Waals surface area contributed by atoms with Crippen molar-refractivity contribution in [2.75, 3.05) is 0 Å². The summed E-state index contributed by atoms with van der Waals surface area (Å²) >= 11 is 5.95. The third-order valence-electron chi connectivity index (χ3n) is 3.43. The number of fused-ring (bicyclic) bond motifs is 1. The number of hydrazone groups is 1. The number of hydrogen-bond donors (Lipinski definition) is 1. The molecule has 0 radical (unpaired) electrons. The van der Waals surface area contributed by atoms with Crippen molar-refractivity contribution in [2.24, 2.45) is 5.10 Å². The predicted molar refractivity (Wildman–Crippen MR) is 91.5 cm³/mol. The molecule has 3 rings (SSSR count). The SMILES string of the molecule is C/C(=N\NC(=O)Cn1cnc2ccccc21)c1cccc(Cl)c1. The molecule has 0 atom stereocenters.